The van der Waals surface area contributed by atoms with Crippen LogP contribution in [0, 0.1) is 0 Å². The predicted molar refractivity (Wildman–Crippen MR) is 83.8 cm³/mol. The second-order valence-corrected chi connectivity index (χ2v) is 7.11. The van der Waals surface area contributed by atoms with Crippen LogP contribution in [0.1, 0.15) is 11.1 Å². The van der Waals surface area contributed by atoms with E-state index in [0.717, 1.165) is 16.7 Å². The molecule has 0 unspecified atom stereocenters. The molecule has 23 heavy (non-hydrogen) atoms. The molecule has 0 aliphatic carbocycles. The SMILES string of the molecule is CS(=O)(=O)c1ccc(C2=C(c3ccccc3)C(=O)OC2)cc1.[V]. The van der Waals surface area contributed by atoms with Crippen molar-refractivity contribution >= 4 is 27.0 Å². The maximum atomic E-state index is 12.0. The average Bonchev–Trinajstić information content (AvgIpc) is 2.89. The number of benzene rings is 2. The molecule has 4 nitrogen and oxygen atoms in total. The third-order valence-electron chi connectivity index (χ3n) is 3.55. The van der Waals surface area contributed by atoms with Crippen molar-refractivity contribution in [2.45, 2.75) is 4.90 Å². The van der Waals surface area contributed by atoms with Crippen LogP contribution in [0.3, 0.4) is 0 Å². The van der Waals surface area contributed by atoms with Crippen molar-refractivity contribution in [2.75, 3.05) is 12.9 Å². The molecule has 0 atom stereocenters. The van der Waals surface area contributed by atoms with Crippen LogP contribution < -0.4 is 0 Å². The smallest absolute Gasteiger partial charge is 0.339 e. The number of sulfone groups is 1. The molecule has 1 radical (unpaired) electrons. The fourth-order valence-electron chi connectivity index (χ4n) is 2.43. The topological polar surface area (TPSA) is 60.4 Å². The largest absolute Gasteiger partial charge is 0.457 e. The standard InChI is InChI=1S/C17H14O4S.V/c1-22(19,20)14-9-7-12(8-10-14)15-11-21-17(18)16(15)13-5-3-2-4-6-13;/h2-10H,11H2,1H3;. The number of hydrogen-bond acceptors (Lipinski definition) is 4. The van der Waals surface area contributed by atoms with Gasteiger partial charge in [-0.1, -0.05) is 42.5 Å². The van der Waals surface area contributed by atoms with E-state index in [0.29, 0.717) is 5.57 Å². The molecule has 3 rings (SSSR count). The minimum absolute atomic E-state index is 0. The van der Waals surface area contributed by atoms with Crippen molar-refractivity contribution in [3.05, 3.63) is 65.7 Å². The summed E-state index contributed by atoms with van der Waals surface area (Å²) < 4.78 is 28.2. The van der Waals surface area contributed by atoms with Crippen molar-refractivity contribution in [3.8, 4) is 0 Å². The molecular formula is C17H14O4SV. The average molecular weight is 365 g/mol. The fourth-order valence-corrected chi connectivity index (χ4v) is 3.06. The normalized spacial score (nSPS) is 14.4. The van der Waals surface area contributed by atoms with E-state index in [1.807, 2.05) is 30.3 Å². The first-order valence-corrected chi connectivity index (χ1v) is 8.62. The van der Waals surface area contributed by atoms with E-state index in [1.54, 1.807) is 24.3 Å². The molecule has 1 aliphatic heterocycles. The summed E-state index contributed by atoms with van der Waals surface area (Å²) in [5.74, 6) is -0.353. The van der Waals surface area contributed by atoms with Crippen LogP contribution >= 0.6 is 0 Å². The number of ether oxygens (including phenoxy) is 1. The van der Waals surface area contributed by atoms with Gasteiger partial charge in [-0.3, -0.25) is 0 Å². The molecule has 2 aromatic rings. The molecule has 0 saturated heterocycles. The van der Waals surface area contributed by atoms with E-state index in [1.165, 1.54) is 6.26 Å². The van der Waals surface area contributed by atoms with Crippen LogP contribution in [0.5, 0.6) is 0 Å². The van der Waals surface area contributed by atoms with E-state index in [9.17, 15) is 13.2 Å². The number of esters is 1. The van der Waals surface area contributed by atoms with Gasteiger partial charge in [0.25, 0.3) is 0 Å². The zero-order valence-electron chi connectivity index (χ0n) is 12.4. The molecule has 117 valence electrons. The van der Waals surface area contributed by atoms with E-state index in [4.69, 9.17) is 4.74 Å². The molecule has 0 fully saturated rings. The Kier molecular flexibility index (Phi) is 5.14. The van der Waals surface area contributed by atoms with Gasteiger partial charge in [-0.25, -0.2) is 13.2 Å². The quantitative estimate of drug-likeness (QED) is 0.785. The summed E-state index contributed by atoms with van der Waals surface area (Å²) in [5.41, 5.74) is 2.90. The molecule has 1 aliphatic rings. The van der Waals surface area contributed by atoms with Gasteiger partial charge in [0, 0.05) is 30.4 Å². The Balaban J connectivity index is 0.00000192. The Morgan fingerprint density at radius 2 is 1.52 bits per heavy atom. The molecule has 2 aromatic carbocycles. The molecule has 0 N–H and O–H groups in total. The molecular weight excluding hydrogens is 351 g/mol. The number of hydrogen-bond donors (Lipinski definition) is 0. The zero-order chi connectivity index (χ0) is 15.7. The van der Waals surface area contributed by atoms with Gasteiger partial charge in [-0.15, -0.1) is 0 Å². The van der Waals surface area contributed by atoms with Crippen LogP contribution in [0.15, 0.2) is 59.5 Å². The first-order valence-electron chi connectivity index (χ1n) is 6.73. The monoisotopic (exact) mass is 365 g/mol. The fraction of sp³-hybridized carbons (Fsp3) is 0.118. The summed E-state index contributed by atoms with van der Waals surface area (Å²) in [7, 11) is -3.23. The van der Waals surface area contributed by atoms with Crippen molar-refractivity contribution in [3.63, 3.8) is 0 Å². The van der Waals surface area contributed by atoms with Crippen molar-refractivity contribution < 1.29 is 36.5 Å². The third kappa shape index (κ3) is 3.58. The number of cyclic esters (lactones) is 1. The first kappa shape index (κ1) is 17.5. The van der Waals surface area contributed by atoms with Gasteiger partial charge in [-0.2, -0.15) is 0 Å². The summed E-state index contributed by atoms with van der Waals surface area (Å²) in [6.45, 7) is 0.196. The summed E-state index contributed by atoms with van der Waals surface area (Å²) in [6, 6.07) is 15.8. The second-order valence-electron chi connectivity index (χ2n) is 5.09. The van der Waals surface area contributed by atoms with Crippen LogP contribution in [0.2, 0.25) is 0 Å². The van der Waals surface area contributed by atoms with Crippen molar-refractivity contribution in [1.29, 1.82) is 0 Å². The van der Waals surface area contributed by atoms with Gasteiger partial charge >= 0.3 is 5.97 Å². The summed E-state index contributed by atoms with van der Waals surface area (Å²) in [6.07, 6.45) is 1.17. The molecule has 6 heteroatoms. The predicted octanol–water partition coefficient (Wildman–Crippen LogP) is 2.56. The first-order chi connectivity index (χ1) is 10.5. The van der Waals surface area contributed by atoms with E-state index in [2.05, 4.69) is 0 Å². The van der Waals surface area contributed by atoms with Gasteiger partial charge in [0.05, 0.1) is 10.5 Å². The van der Waals surface area contributed by atoms with Gasteiger partial charge in [0.1, 0.15) is 6.61 Å². The third-order valence-corrected chi connectivity index (χ3v) is 4.68. The van der Waals surface area contributed by atoms with Gasteiger partial charge in [0.15, 0.2) is 9.84 Å². The molecule has 0 spiro atoms. The van der Waals surface area contributed by atoms with Gasteiger partial charge in [0.2, 0.25) is 0 Å². The minimum atomic E-state index is -3.23. The summed E-state index contributed by atoms with van der Waals surface area (Å²) in [4.78, 5) is 12.3. The number of rotatable bonds is 3. The molecule has 0 saturated carbocycles. The van der Waals surface area contributed by atoms with Gasteiger partial charge in [-0.05, 0) is 23.3 Å². The number of carbonyl (C=O) groups is 1. The molecule has 0 aromatic heterocycles. The Hall–Kier alpha value is -1.82. The minimum Gasteiger partial charge on any atom is -0.457 e. The van der Waals surface area contributed by atoms with Crippen LogP contribution in [-0.4, -0.2) is 27.2 Å². The Morgan fingerprint density at radius 3 is 2.09 bits per heavy atom. The maximum absolute atomic E-state index is 12.0. The zero-order valence-corrected chi connectivity index (χ0v) is 14.6. The second kappa shape index (κ2) is 6.75. The Morgan fingerprint density at radius 1 is 0.913 bits per heavy atom. The van der Waals surface area contributed by atoms with Crippen molar-refractivity contribution in [1.82, 2.24) is 0 Å². The van der Waals surface area contributed by atoms with E-state index in [-0.39, 0.29) is 36.0 Å². The van der Waals surface area contributed by atoms with Crippen molar-refractivity contribution in [2.24, 2.45) is 0 Å². The maximum Gasteiger partial charge on any atom is 0.339 e. The molecule has 1 heterocycles. The Bertz CT molecular complexity index is 853. The summed E-state index contributed by atoms with van der Waals surface area (Å²) in [5, 5.41) is 0. The van der Waals surface area contributed by atoms with E-state index < -0.39 is 9.84 Å². The van der Waals surface area contributed by atoms with Crippen LogP contribution in [-0.2, 0) is 37.9 Å². The molecule has 0 bridgehead atoms. The summed E-state index contributed by atoms with van der Waals surface area (Å²) >= 11 is 0. The van der Waals surface area contributed by atoms with Crippen LogP contribution in [0.25, 0.3) is 11.1 Å². The molecule has 0 amide bonds. The number of carbonyl (C=O) groups excluding carboxylic acids is 1. The van der Waals surface area contributed by atoms with E-state index >= 15 is 0 Å². The van der Waals surface area contributed by atoms with Gasteiger partial charge < -0.3 is 4.74 Å². The Labute approximate surface area is 147 Å². The van der Waals surface area contributed by atoms with Crippen LogP contribution in [0.4, 0.5) is 0 Å².